The van der Waals surface area contributed by atoms with Gasteiger partial charge in [0, 0.05) is 45.1 Å². The highest BCUT2D eigenvalue weighted by molar-refractivity contribution is 7.21. The molecule has 232 valence electrons. The lowest BCUT2D eigenvalue weighted by Gasteiger charge is -2.12. The van der Waals surface area contributed by atoms with Crippen molar-refractivity contribution in [2.45, 2.75) is 25.7 Å². The van der Waals surface area contributed by atoms with E-state index >= 15 is 8.78 Å². The first-order valence-electron chi connectivity index (χ1n) is 13.0. The van der Waals surface area contributed by atoms with Crippen molar-refractivity contribution in [1.29, 1.82) is 0 Å². The van der Waals surface area contributed by atoms with Gasteiger partial charge in [-0.3, -0.25) is 19.2 Å². The summed E-state index contributed by atoms with van der Waals surface area (Å²) in [6, 6.07) is 5.77. The molecule has 0 saturated carbocycles. The zero-order valence-electron chi connectivity index (χ0n) is 23.4. The third kappa shape index (κ3) is 7.32. The second-order valence-electron chi connectivity index (χ2n) is 9.22. The number of hydrogen-bond acceptors (Lipinski definition) is 10. The predicted molar refractivity (Wildman–Crippen MR) is 159 cm³/mol. The van der Waals surface area contributed by atoms with Gasteiger partial charge in [-0.1, -0.05) is 0 Å². The maximum Gasteiger partial charge on any atom is 0.303 e. The Morgan fingerprint density at radius 3 is 1.41 bits per heavy atom. The summed E-state index contributed by atoms with van der Waals surface area (Å²) in [5.41, 5.74) is 0. The number of aliphatic carboxylic acids is 2. The van der Waals surface area contributed by atoms with Crippen LogP contribution in [0.25, 0.3) is 20.2 Å². The molecule has 2 aromatic carbocycles. The summed E-state index contributed by atoms with van der Waals surface area (Å²) in [5, 5.41) is 17.9. The number of halogens is 2. The predicted octanol–water partition coefficient (Wildman–Crippen LogP) is 6.52. The quantitative estimate of drug-likeness (QED) is 0.102. The monoisotopic (exact) mass is 648 g/mol. The zero-order chi connectivity index (χ0) is 32.0. The molecular weight excluding hydrogens is 622 g/mol. The number of carbonyl (C=O) groups excluding carboxylic acids is 2. The first-order chi connectivity index (χ1) is 21.0. The van der Waals surface area contributed by atoms with Gasteiger partial charge in [0.1, 0.15) is 13.2 Å². The minimum Gasteiger partial charge on any atom is -0.493 e. The van der Waals surface area contributed by atoms with Crippen molar-refractivity contribution in [2.75, 3.05) is 27.4 Å². The van der Waals surface area contributed by atoms with Gasteiger partial charge >= 0.3 is 11.9 Å². The highest BCUT2D eigenvalue weighted by atomic mass is 32.1. The summed E-state index contributed by atoms with van der Waals surface area (Å²) < 4.78 is 53.2. The fraction of sp³-hybridized carbons (Fsp3) is 0.267. The van der Waals surface area contributed by atoms with E-state index in [-0.39, 0.29) is 82.4 Å². The van der Waals surface area contributed by atoms with Crippen LogP contribution in [0.15, 0.2) is 36.4 Å². The van der Waals surface area contributed by atoms with E-state index in [1.807, 2.05) is 0 Å². The lowest BCUT2D eigenvalue weighted by Crippen LogP contribution is -2.02. The fourth-order valence-corrected chi connectivity index (χ4v) is 6.24. The number of ketones is 2. The third-order valence-electron chi connectivity index (χ3n) is 6.30. The topological polar surface area (TPSA) is 146 Å². The van der Waals surface area contributed by atoms with Crippen LogP contribution in [-0.4, -0.2) is 61.2 Å². The van der Waals surface area contributed by atoms with Crippen LogP contribution in [0.4, 0.5) is 8.78 Å². The van der Waals surface area contributed by atoms with Crippen LogP contribution in [0, 0.1) is 11.6 Å². The van der Waals surface area contributed by atoms with Crippen molar-refractivity contribution in [2.24, 2.45) is 0 Å². The number of thiophene rings is 2. The Hall–Kier alpha value is -4.56. The van der Waals surface area contributed by atoms with Gasteiger partial charge in [0.2, 0.25) is 0 Å². The van der Waals surface area contributed by atoms with Crippen LogP contribution in [0.1, 0.15) is 45.0 Å². The van der Waals surface area contributed by atoms with Crippen molar-refractivity contribution >= 4 is 66.4 Å². The van der Waals surface area contributed by atoms with E-state index in [9.17, 15) is 19.2 Å². The number of fused-ring (bicyclic) bond motifs is 2. The van der Waals surface area contributed by atoms with Gasteiger partial charge in [-0.2, -0.15) is 0 Å². The Kier molecular flexibility index (Phi) is 10.5. The number of methoxy groups -OCH3 is 2. The van der Waals surface area contributed by atoms with Crippen LogP contribution < -0.4 is 18.9 Å². The molecule has 2 N–H and O–H groups in total. The van der Waals surface area contributed by atoms with Crippen LogP contribution >= 0.6 is 22.7 Å². The molecule has 4 aromatic rings. The van der Waals surface area contributed by atoms with Crippen molar-refractivity contribution < 1.29 is 57.1 Å². The number of carboxylic acids is 2. The number of hydrogen-bond donors (Lipinski definition) is 2. The van der Waals surface area contributed by atoms with E-state index in [4.69, 9.17) is 29.2 Å². The lowest BCUT2D eigenvalue weighted by molar-refractivity contribution is -0.137. The summed E-state index contributed by atoms with van der Waals surface area (Å²) in [6.07, 6.45) is 1.97. The Bertz CT molecular complexity index is 1640. The molecule has 0 radical (unpaired) electrons. The molecule has 0 aliphatic rings. The molecule has 0 bridgehead atoms. The second-order valence-corrected chi connectivity index (χ2v) is 11.4. The summed E-state index contributed by atoms with van der Waals surface area (Å²) in [7, 11) is 2.68. The molecule has 0 aliphatic carbocycles. The number of ether oxygens (including phenoxy) is 4. The molecule has 4 rings (SSSR count). The molecule has 0 atom stereocenters. The standard InChI is InChI=1S/C30H26F2O10S2/c1-39-19-13-21-15(11-23(43-21)17(33)5-7-25(35)36)27(31)29(19)41-9-3-4-10-42-30-20(40-2)14-22-16(28(30)32)12-24(44-22)18(34)6-8-26(37)38/h3-4,11-14H,5-10H2,1-2H3,(H,35,36)(H,37,38)/b4-3+. The van der Waals surface area contributed by atoms with E-state index in [0.29, 0.717) is 9.40 Å². The van der Waals surface area contributed by atoms with Crippen LogP contribution in [0.2, 0.25) is 0 Å². The smallest absolute Gasteiger partial charge is 0.303 e. The van der Waals surface area contributed by atoms with Crippen molar-refractivity contribution in [3.63, 3.8) is 0 Å². The van der Waals surface area contributed by atoms with Gasteiger partial charge < -0.3 is 29.2 Å². The largest absolute Gasteiger partial charge is 0.493 e. The van der Waals surface area contributed by atoms with E-state index in [1.54, 1.807) is 0 Å². The summed E-state index contributed by atoms with van der Waals surface area (Å²) in [5.74, 6) is -4.68. The number of rotatable bonds is 16. The van der Waals surface area contributed by atoms with E-state index in [1.165, 1.54) is 50.6 Å². The average molecular weight is 649 g/mol. The number of benzene rings is 2. The van der Waals surface area contributed by atoms with Gasteiger partial charge in [-0.05, 0) is 24.3 Å². The minimum atomic E-state index is -1.10. The van der Waals surface area contributed by atoms with Crippen molar-refractivity contribution in [1.82, 2.24) is 0 Å². The van der Waals surface area contributed by atoms with E-state index in [2.05, 4.69) is 0 Å². The van der Waals surface area contributed by atoms with Gasteiger partial charge in [0.15, 0.2) is 46.2 Å². The van der Waals surface area contributed by atoms with E-state index < -0.39 is 35.1 Å². The molecule has 0 saturated heterocycles. The SMILES string of the molecule is COc1cc2sc(C(=O)CCC(=O)O)cc2c(F)c1OC/C=C/COc1c(OC)cc2sc(C(=O)CCC(=O)O)cc2c1F. The molecule has 2 aromatic heterocycles. The number of carbonyl (C=O) groups is 4. The molecule has 10 nitrogen and oxygen atoms in total. The van der Waals surface area contributed by atoms with Gasteiger partial charge in [-0.25, -0.2) is 8.78 Å². The molecule has 0 fully saturated rings. The van der Waals surface area contributed by atoms with Crippen molar-refractivity contribution in [3.8, 4) is 23.0 Å². The van der Waals surface area contributed by atoms with Gasteiger partial charge in [-0.15, -0.1) is 22.7 Å². The van der Waals surface area contributed by atoms with Crippen molar-refractivity contribution in [3.05, 3.63) is 57.8 Å². The maximum absolute atomic E-state index is 15.3. The minimum absolute atomic E-state index is 0.0997. The molecule has 0 spiro atoms. The van der Waals surface area contributed by atoms with E-state index in [0.717, 1.165) is 22.7 Å². The normalized spacial score (nSPS) is 11.3. The average Bonchev–Trinajstić information content (AvgIpc) is 3.63. The Morgan fingerprint density at radius 1 is 0.682 bits per heavy atom. The first-order valence-corrected chi connectivity index (χ1v) is 14.7. The molecule has 0 aliphatic heterocycles. The Balaban J connectivity index is 1.43. The fourth-order valence-electron chi connectivity index (χ4n) is 4.13. The molecule has 2 heterocycles. The number of Topliss-reactive ketones (excluding diaryl/α,β-unsaturated/α-hetero) is 2. The maximum atomic E-state index is 15.3. The molecular formula is C30H26F2O10S2. The first kappa shape index (κ1) is 32.4. The van der Waals surface area contributed by atoms with Crippen LogP contribution in [0.3, 0.4) is 0 Å². The Morgan fingerprint density at radius 2 is 1.07 bits per heavy atom. The highest BCUT2D eigenvalue weighted by Gasteiger charge is 2.22. The molecule has 44 heavy (non-hydrogen) atoms. The highest BCUT2D eigenvalue weighted by Crippen LogP contribution is 2.41. The third-order valence-corrected chi connectivity index (χ3v) is 8.55. The number of carboxylic acid groups (broad SMARTS) is 2. The van der Waals surface area contributed by atoms with Crippen LogP contribution in [0.5, 0.6) is 23.0 Å². The zero-order valence-corrected chi connectivity index (χ0v) is 25.1. The molecule has 14 heteroatoms. The summed E-state index contributed by atoms with van der Waals surface area (Å²) in [4.78, 5) is 46.6. The molecule has 0 unspecified atom stereocenters. The van der Waals surface area contributed by atoms with Gasteiger partial charge in [0.25, 0.3) is 0 Å². The summed E-state index contributed by atoms with van der Waals surface area (Å²) in [6.45, 7) is -0.219. The second kappa shape index (κ2) is 14.3. The summed E-state index contributed by atoms with van der Waals surface area (Å²) >= 11 is 2.05. The Labute approximate surface area is 257 Å². The van der Waals surface area contributed by atoms with Gasteiger partial charge in [0.05, 0.1) is 36.8 Å². The molecule has 0 amide bonds. The lowest BCUT2D eigenvalue weighted by atomic mass is 10.1. The van der Waals surface area contributed by atoms with Crippen LogP contribution in [-0.2, 0) is 9.59 Å².